The van der Waals surface area contributed by atoms with Gasteiger partial charge in [0.1, 0.15) is 11.6 Å². The first-order valence-electron chi connectivity index (χ1n) is 7.59. The minimum Gasteiger partial charge on any atom is -0.480 e. The van der Waals surface area contributed by atoms with Crippen molar-refractivity contribution in [2.75, 3.05) is 5.75 Å². The van der Waals surface area contributed by atoms with Crippen LogP contribution in [-0.4, -0.2) is 34.6 Å². The van der Waals surface area contributed by atoms with E-state index in [1.165, 1.54) is 11.8 Å². The number of benzene rings is 2. The first-order chi connectivity index (χ1) is 11.3. The normalized spacial score (nSPS) is 12.6. The molecule has 0 aliphatic heterocycles. The molecule has 6 heteroatoms. The number of hydrogen-bond donors (Lipinski definition) is 2. The van der Waals surface area contributed by atoms with E-state index in [1.807, 2.05) is 42.5 Å². The van der Waals surface area contributed by atoms with Gasteiger partial charge in [-0.2, -0.15) is 0 Å². The Balaban J connectivity index is 2.06. The lowest BCUT2D eigenvalue weighted by Crippen LogP contribution is -2.44. The Bertz CT molecular complexity index is 734. The lowest BCUT2D eigenvalue weighted by atomic mass is 10.1. The molecule has 2 rings (SSSR count). The van der Waals surface area contributed by atoms with Crippen LogP contribution in [0.2, 0.25) is 0 Å². The van der Waals surface area contributed by atoms with Crippen LogP contribution in [0.4, 0.5) is 4.79 Å². The molecule has 0 heterocycles. The van der Waals surface area contributed by atoms with E-state index in [0.29, 0.717) is 0 Å². The van der Waals surface area contributed by atoms with Crippen molar-refractivity contribution in [3.63, 3.8) is 0 Å². The molecule has 0 fully saturated rings. The number of nitrogens with one attached hydrogen (secondary N) is 1. The van der Waals surface area contributed by atoms with Crippen molar-refractivity contribution in [3.8, 4) is 0 Å². The first kappa shape index (κ1) is 18.1. The van der Waals surface area contributed by atoms with Crippen molar-refractivity contribution < 1.29 is 19.4 Å². The number of carboxylic acid groups (broad SMARTS) is 1. The summed E-state index contributed by atoms with van der Waals surface area (Å²) in [7, 11) is 0. The molecule has 0 aromatic heterocycles. The molecule has 5 nitrogen and oxygen atoms in total. The minimum atomic E-state index is -1.09. The SMILES string of the molecule is CC(C)(C)OC(=O)N[C@H](CSc1cccc2ccccc12)C(=O)O. The predicted molar refractivity (Wildman–Crippen MR) is 95.5 cm³/mol. The largest absolute Gasteiger partial charge is 0.480 e. The molecule has 24 heavy (non-hydrogen) atoms. The van der Waals surface area contributed by atoms with E-state index in [9.17, 15) is 14.7 Å². The van der Waals surface area contributed by atoms with Gasteiger partial charge in [0.2, 0.25) is 0 Å². The van der Waals surface area contributed by atoms with Gasteiger partial charge in [0, 0.05) is 10.6 Å². The highest BCUT2D eigenvalue weighted by atomic mass is 32.2. The van der Waals surface area contributed by atoms with Crippen LogP contribution in [-0.2, 0) is 9.53 Å². The second-order valence-electron chi connectivity index (χ2n) is 6.33. The smallest absolute Gasteiger partial charge is 0.408 e. The van der Waals surface area contributed by atoms with Gasteiger partial charge in [0.15, 0.2) is 0 Å². The summed E-state index contributed by atoms with van der Waals surface area (Å²) in [6.45, 7) is 5.19. The van der Waals surface area contributed by atoms with Crippen LogP contribution in [0.25, 0.3) is 10.8 Å². The first-order valence-corrected chi connectivity index (χ1v) is 8.58. The number of hydrogen-bond acceptors (Lipinski definition) is 4. The summed E-state index contributed by atoms with van der Waals surface area (Å²) >= 11 is 1.40. The maximum absolute atomic E-state index is 11.8. The molecule has 2 N–H and O–H groups in total. The highest BCUT2D eigenvalue weighted by molar-refractivity contribution is 7.99. The zero-order valence-corrected chi connectivity index (χ0v) is 14.7. The molecule has 2 aromatic carbocycles. The summed E-state index contributed by atoms with van der Waals surface area (Å²) in [5, 5.41) is 13.9. The van der Waals surface area contributed by atoms with Gasteiger partial charge in [-0.05, 0) is 37.6 Å². The number of amides is 1. The molecule has 2 aromatic rings. The van der Waals surface area contributed by atoms with Gasteiger partial charge in [-0.25, -0.2) is 9.59 Å². The lowest BCUT2D eigenvalue weighted by molar-refractivity contribution is -0.138. The number of aliphatic carboxylic acids is 1. The Kier molecular flexibility index (Phi) is 5.72. The van der Waals surface area contributed by atoms with E-state index in [4.69, 9.17) is 4.74 Å². The number of thioether (sulfide) groups is 1. The number of alkyl carbamates (subject to hydrolysis) is 1. The third-order valence-corrected chi connectivity index (χ3v) is 4.31. The monoisotopic (exact) mass is 347 g/mol. The third-order valence-electron chi connectivity index (χ3n) is 3.14. The molecule has 0 saturated heterocycles. The Morgan fingerprint density at radius 1 is 1.17 bits per heavy atom. The molecular weight excluding hydrogens is 326 g/mol. The third kappa shape index (κ3) is 5.16. The fourth-order valence-corrected chi connectivity index (χ4v) is 3.21. The second kappa shape index (κ2) is 7.57. The molecule has 0 radical (unpaired) electrons. The number of carbonyl (C=O) groups is 2. The molecular formula is C18H21NO4S. The number of rotatable bonds is 5. The quantitative estimate of drug-likeness (QED) is 0.802. The van der Waals surface area contributed by atoms with Crippen LogP contribution < -0.4 is 5.32 Å². The Morgan fingerprint density at radius 2 is 1.83 bits per heavy atom. The standard InChI is InChI=1S/C18H21NO4S/c1-18(2,3)23-17(22)19-14(16(20)21)11-24-15-10-6-8-12-7-4-5-9-13(12)15/h4-10,14H,11H2,1-3H3,(H,19,22)(H,20,21)/t14-/m1/s1. The van der Waals surface area contributed by atoms with Crippen molar-refractivity contribution in [1.29, 1.82) is 0 Å². The molecule has 0 spiro atoms. The van der Waals surface area contributed by atoms with E-state index < -0.39 is 23.7 Å². The van der Waals surface area contributed by atoms with Gasteiger partial charge < -0.3 is 15.2 Å². The molecule has 0 unspecified atom stereocenters. The average Bonchev–Trinajstić information content (AvgIpc) is 2.49. The molecule has 128 valence electrons. The summed E-state index contributed by atoms with van der Waals surface area (Å²) < 4.78 is 5.12. The summed E-state index contributed by atoms with van der Waals surface area (Å²) in [6, 6.07) is 12.8. The van der Waals surface area contributed by atoms with Crippen LogP contribution in [0.1, 0.15) is 20.8 Å². The fraction of sp³-hybridized carbons (Fsp3) is 0.333. The van der Waals surface area contributed by atoms with Crippen LogP contribution >= 0.6 is 11.8 Å². The highest BCUT2D eigenvalue weighted by Gasteiger charge is 2.24. The van der Waals surface area contributed by atoms with E-state index in [2.05, 4.69) is 5.32 Å². The van der Waals surface area contributed by atoms with Gasteiger partial charge in [-0.1, -0.05) is 36.4 Å². The van der Waals surface area contributed by atoms with Gasteiger partial charge in [0.25, 0.3) is 0 Å². The van der Waals surface area contributed by atoms with E-state index in [-0.39, 0.29) is 5.75 Å². The molecule has 0 aliphatic carbocycles. The van der Waals surface area contributed by atoms with Crippen LogP contribution in [0.3, 0.4) is 0 Å². The van der Waals surface area contributed by atoms with E-state index in [0.717, 1.165) is 15.7 Å². The van der Waals surface area contributed by atoms with Crippen LogP contribution in [0.5, 0.6) is 0 Å². The summed E-state index contributed by atoms with van der Waals surface area (Å²) in [5.74, 6) is -0.878. The van der Waals surface area contributed by atoms with Crippen LogP contribution in [0, 0.1) is 0 Å². The second-order valence-corrected chi connectivity index (χ2v) is 7.39. The molecule has 0 saturated carbocycles. The molecule has 1 atom stereocenters. The zero-order chi connectivity index (χ0) is 17.7. The van der Waals surface area contributed by atoms with Crippen molar-refractivity contribution in [2.45, 2.75) is 37.3 Å². The molecule has 1 amide bonds. The summed E-state index contributed by atoms with van der Waals surface area (Å²) in [5.41, 5.74) is -0.671. The number of ether oxygens (including phenoxy) is 1. The number of carbonyl (C=O) groups excluding carboxylic acids is 1. The zero-order valence-electron chi connectivity index (χ0n) is 13.9. The highest BCUT2D eigenvalue weighted by Crippen LogP contribution is 2.28. The van der Waals surface area contributed by atoms with Gasteiger partial charge in [-0.15, -0.1) is 11.8 Å². The summed E-state index contributed by atoms with van der Waals surface area (Å²) in [4.78, 5) is 24.2. The van der Waals surface area contributed by atoms with Crippen molar-refractivity contribution >= 4 is 34.6 Å². The number of fused-ring (bicyclic) bond motifs is 1. The van der Waals surface area contributed by atoms with Gasteiger partial charge >= 0.3 is 12.1 Å². The molecule has 0 aliphatic rings. The lowest BCUT2D eigenvalue weighted by Gasteiger charge is -2.22. The van der Waals surface area contributed by atoms with Crippen LogP contribution in [0.15, 0.2) is 47.4 Å². The number of carboxylic acids is 1. The van der Waals surface area contributed by atoms with Crippen molar-refractivity contribution in [3.05, 3.63) is 42.5 Å². The summed E-state index contributed by atoms with van der Waals surface area (Å²) in [6.07, 6.45) is -0.728. The topological polar surface area (TPSA) is 75.6 Å². The predicted octanol–water partition coefficient (Wildman–Crippen LogP) is 3.91. The van der Waals surface area contributed by atoms with Gasteiger partial charge in [0.05, 0.1) is 0 Å². The van der Waals surface area contributed by atoms with Crippen molar-refractivity contribution in [1.82, 2.24) is 5.32 Å². The van der Waals surface area contributed by atoms with E-state index in [1.54, 1.807) is 20.8 Å². The average molecular weight is 347 g/mol. The maximum Gasteiger partial charge on any atom is 0.408 e. The maximum atomic E-state index is 11.8. The van der Waals surface area contributed by atoms with Crippen molar-refractivity contribution in [2.24, 2.45) is 0 Å². The van der Waals surface area contributed by atoms with E-state index >= 15 is 0 Å². The molecule has 0 bridgehead atoms. The Hall–Kier alpha value is -2.21. The Morgan fingerprint density at radius 3 is 2.50 bits per heavy atom. The van der Waals surface area contributed by atoms with Gasteiger partial charge in [-0.3, -0.25) is 0 Å². The minimum absolute atomic E-state index is 0.211. The Labute approximate surface area is 145 Å². The fourth-order valence-electron chi connectivity index (χ4n) is 2.12.